The summed E-state index contributed by atoms with van der Waals surface area (Å²) >= 11 is 0. The molecule has 1 aromatic carbocycles. The van der Waals surface area contributed by atoms with Gasteiger partial charge >= 0.3 is 12.3 Å². The molecule has 0 aromatic heterocycles. The number of hydrogen-bond donors (Lipinski definition) is 3. The van der Waals surface area contributed by atoms with E-state index in [1.807, 2.05) is 0 Å². The molecule has 0 aliphatic rings. The molecule has 106 valence electrons. The van der Waals surface area contributed by atoms with E-state index in [9.17, 15) is 23.1 Å². The number of carbonyl (C=O) groups is 1. The SMILES string of the molecule is C[C@H](NC(=O)O)[C@@H](O)Cc1ccc(C(F)(F)F)cc1. The zero-order valence-electron chi connectivity index (χ0n) is 10.1. The van der Waals surface area contributed by atoms with Crippen LogP contribution < -0.4 is 5.32 Å². The number of aliphatic hydroxyl groups is 1. The Kier molecular flexibility index (Phi) is 4.77. The zero-order valence-corrected chi connectivity index (χ0v) is 10.1. The highest BCUT2D eigenvalue weighted by molar-refractivity contribution is 5.64. The average molecular weight is 277 g/mol. The van der Waals surface area contributed by atoms with Crippen molar-refractivity contribution in [1.82, 2.24) is 5.32 Å². The molecular formula is C12H14F3NO3. The molecule has 0 bridgehead atoms. The maximum absolute atomic E-state index is 12.3. The second-order valence-electron chi connectivity index (χ2n) is 4.20. The largest absolute Gasteiger partial charge is 0.465 e. The Bertz CT molecular complexity index is 431. The zero-order chi connectivity index (χ0) is 14.6. The highest BCUT2D eigenvalue weighted by Crippen LogP contribution is 2.29. The summed E-state index contributed by atoms with van der Waals surface area (Å²) in [5, 5.41) is 20.3. The number of halogens is 3. The second kappa shape index (κ2) is 5.92. The molecule has 0 aliphatic carbocycles. The van der Waals surface area contributed by atoms with Crippen LogP contribution in [0.3, 0.4) is 0 Å². The summed E-state index contributed by atoms with van der Waals surface area (Å²) in [7, 11) is 0. The van der Waals surface area contributed by atoms with E-state index in [4.69, 9.17) is 5.11 Å². The summed E-state index contributed by atoms with van der Waals surface area (Å²) in [6.07, 6.45) is -6.60. The van der Waals surface area contributed by atoms with E-state index in [1.165, 1.54) is 19.1 Å². The molecule has 0 radical (unpaired) electrons. The van der Waals surface area contributed by atoms with E-state index in [2.05, 4.69) is 5.32 Å². The standard InChI is InChI=1S/C12H14F3NO3/c1-7(16-11(18)19)10(17)6-8-2-4-9(5-3-8)12(13,14)15/h2-5,7,10,16-17H,6H2,1H3,(H,18,19)/t7-,10-/m0/s1. The Hall–Kier alpha value is -1.76. The van der Waals surface area contributed by atoms with Gasteiger partial charge in [0.25, 0.3) is 0 Å². The first-order valence-electron chi connectivity index (χ1n) is 5.54. The van der Waals surface area contributed by atoms with Gasteiger partial charge in [-0.25, -0.2) is 4.79 Å². The van der Waals surface area contributed by atoms with Crippen molar-refractivity contribution in [1.29, 1.82) is 0 Å². The Morgan fingerprint density at radius 2 is 1.84 bits per heavy atom. The molecule has 2 atom stereocenters. The third kappa shape index (κ3) is 4.78. The van der Waals surface area contributed by atoms with Crippen LogP contribution in [0.5, 0.6) is 0 Å². The van der Waals surface area contributed by atoms with Crippen molar-refractivity contribution in [3.8, 4) is 0 Å². The number of alkyl halides is 3. The summed E-state index contributed by atoms with van der Waals surface area (Å²) in [6.45, 7) is 1.48. The van der Waals surface area contributed by atoms with Gasteiger partial charge in [-0.2, -0.15) is 13.2 Å². The maximum atomic E-state index is 12.3. The lowest BCUT2D eigenvalue weighted by molar-refractivity contribution is -0.137. The number of carboxylic acid groups (broad SMARTS) is 1. The Balaban J connectivity index is 2.65. The highest BCUT2D eigenvalue weighted by atomic mass is 19.4. The molecule has 7 heteroatoms. The Labute approximate surface area is 107 Å². The maximum Gasteiger partial charge on any atom is 0.416 e. The van der Waals surface area contributed by atoms with Crippen molar-refractivity contribution >= 4 is 6.09 Å². The number of amides is 1. The average Bonchev–Trinajstić information content (AvgIpc) is 2.27. The minimum Gasteiger partial charge on any atom is -0.465 e. The van der Waals surface area contributed by atoms with Crippen molar-refractivity contribution in [2.45, 2.75) is 31.7 Å². The van der Waals surface area contributed by atoms with E-state index >= 15 is 0 Å². The number of rotatable bonds is 4. The van der Waals surface area contributed by atoms with Crippen LogP contribution in [0.25, 0.3) is 0 Å². The minimum absolute atomic E-state index is 0.0690. The van der Waals surface area contributed by atoms with Gasteiger partial charge in [0.05, 0.1) is 17.7 Å². The molecule has 0 fully saturated rings. The van der Waals surface area contributed by atoms with E-state index in [0.29, 0.717) is 5.56 Å². The van der Waals surface area contributed by atoms with Crippen LogP contribution in [0.1, 0.15) is 18.1 Å². The number of benzene rings is 1. The number of nitrogens with one attached hydrogen (secondary N) is 1. The summed E-state index contributed by atoms with van der Waals surface area (Å²) in [4.78, 5) is 10.4. The lowest BCUT2D eigenvalue weighted by Gasteiger charge is -2.18. The van der Waals surface area contributed by atoms with Gasteiger partial charge in [-0.3, -0.25) is 0 Å². The van der Waals surface area contributed by atoms with Crippen molar-refractivity contribution in [3.05, 3.63) is 35.4 Å². The van der Waals surface area contributed by atoms with Gasteiger partial charge in [0.15, 0.2) is 0 Å². The molecule has 19 heavy (non-hydrogen) atoms. The van der Waals surface area contributed by atoms with Crippen molar-refractivity contribution in [2.75, 3.05) is 0 Å². The van der Waals surface area contributed by atoms with Gasteiger partial charge in [-0.15, -0.1) is 0 Å². The first kappa shape index (κ1) is 15.3. The molecular weight excluding hydrogens is 263 g/mol. The van der Waals surface area contributed by atoms with Crippen LogP contribution >= 0.6 is 0 Å². The van der Waals surface area contributed by atoms with Crippen molar-refractivity contribution in [3.63, 3.8) is 0 Å². The Morgan fingerprint density at radius 3 is 2.26 bits per heavy atom. The highest BCUT2D eigenvalue weighted by Gasteiger charge is 2.30. The predicted molar refractivity (Wildman–Crippen MR) is 61.8 cm³/mol. The first-order chi connectivity index (χ1) is 8.70. The normalized spacial score (nSPS) is 14.8. The van der Waals surface area contributed by atoms with E-state index < -0.39 is 30.0 Å². The minimum atomic E-state index is -4.39. The van der Waals surface area contributed by atoms with E-state index in [0.717, 1.165) is 12.1 Å². The van der Waals surface area contributed by atoms with Gasteiger partial charge < -0.3 is 15.5 Å². The molecule has 1 aromatic rings. The lowest BCUT2D eigenvalue weighted by atomic mass is 10.0. The quantitative estimate of drug-likeness (QED) is 0.790. The van der Waals surface area contributed by atoms with Gasteiger partial charge in [0, 0.05) is 6.42 Å². The fourth-order valence-corrected chi connectivity index (χ4v) is 1.54. The van der Waals surface area contributed by atoms with Crippen molar-refractivity contribution in [2.24, 2.45) is 0 Å². The smallest absolute Gasteiger partial charge is 0.416 e. The fourth-order valence-electron chi connectivity index (χ4n) is 1.54. The summed E-state index contributed by atoms with van der Waals surface area (Å²) in [5.74, 6) is 0. The molecule has 4 nitrogen and oxygen atoms in total. The van der Waals surface area contributed by atoms with Gasteiger partial charge in [0.2, 0.25) is 0 Å². The third-order valence-electron chi connectivity index (χ3n) is 2.65. The van der Waals surface area contributed by atoms with Crippen LogP contribution in [-0.4, -0.2) is 28.5 Å². The van der Waals surface area contributed by atoms with Crippen LogP contribution in [0.2, 0.25) is 0 Å². The summed E-state index contributed by atoms with van der Waals surface area (Å²) in [5.41, 5.74) is -0.262. The topological polar surface area (TPSA) is 69.6 Å². The molecule has 3 N–H and O–H groups in total. The molecule has 0 saturated heterocycles. The van der Waals surface area contributed by atoms with E-state index in [1.54, 1.807) is 0 Å². The fraction of sp³-hybridized carbons (Fsp3) is 0.417. The summed E-state index contributed by atoms with van der Waals surface area (Å²) in [6, 6.07) is 3.67. The van der Waals surface area contributed by atoms with Gasteiger partial charge in [-0.05, 0) is 24.6 Å². The molecule has 0 aliphatic heterocycles. The third-order valence-corrected chi connectivity index (χ3v) is 2.65. The van der Waals surface area contributed by atoms with Crippen LogP contribution in [0, 0.1) is 0 Å². The lowest BCUT2D eigenvalue weighted by Crippen LogP contribution is -2.41. The van der Waals surface area contributed by atoms with Crippen LogP contribution in [-0.2, 0) is 12.6 Å². The van der Waals surface area contributed by atoms with Crippen LogP contribution in [0.4, 0.5) is 18.0 Å². The van der Waals surface area contributed by atoms with Crippen molar-refractivity contribution < 1.29 is 28.2 Å². The van der Waals surface area contributed by atoms with Crippen LogP contribution in [0.15, 0.2) is 24.3 Å². The molecule has 0 unspecified atom stereocenters. The van der Waals surface area contributed by atoms with Gasteiger partial charge in [0.1, 0.15) is 0 Å². The molecule has 0 spiro atoms. The Morgan fingerprint density at radius 1 is 1.32 bits per heavy atom. The predicted octanol–water partition coefficient (Wildman–Crippen LogP) is 2.26. The summed E-state index contributed by atoms with van der Waals surface area (Å²) < 4.78 is 37.0. The molecule has 1 rings (SSSR count). The molecule has 0 heterocycles. The van der Waals surface area contributed by atoms with Gasteiger partial charge in [-0.1, -0.05) is 12.1 Å². The first-order valence-corrected chi connectivity index (χ1v) is 5.54. The number of hydrogen-bond acceptors (Lipinski definition) is 2. The molecule has 1 amide bonds. The second-order valence-corrected chi connectivity index (χ2v) is 4.20. The monoisotopic (exact) mass is 277 g/mol. The molecule has 0 saturated carbocycles. The number of aliphatic hydroxyl groups excluding tert-OH is 1. The van der Waals surface area contributed by atoms with E-state index in [-0.39, 0.29) is 6.42 Å².